The largest absolute Gasteiger partial charge is 0.497 e. The molecule has 128 valence electrons. The third kappa shape index (κ3) is 3.50. The molecular formula is C17H21N3O4. The molecule has 0 bridgehead atoms. The minimum absolute atomic E-state index is 0.0519. The van der Waals surface area contributed by atoms with Gasteiger partial charge in [-0.1, -0.05) is 18.0 Å². The van der Waals surface area contributed by atoms with E-state index in [0.29, 0.717) is 17.1 Å². The summed E-state index contributed by atoms with van der Waals surface area (Å²) in [5, 5.41) is 3.82. The molecule has 2 aromatic rings. The lowest BCUT2D eigenvalue weighted by molar-refractivity contribution is -0.131. The van der Waals surface area contributed by atoms with Crippen LogP contribution in [0.1, 0.15) is 25.7 Å². The topological polar surface area (TPSA) is 77.6 Å². The van der Waals surface area contributed by atoms with E-state index in [1.54, 1.807) is 31.4 Å². The first-order chi connectivity index (χ1) is 11.7. The fourth-order valence-corrected chi connectivity index (χ4v) is 2.91. The molecule has 2 heterocycles. The maximum Gasteiger partial charge on any atom is 0.442 e. The summed E-state index contributed by atoms with van der Waals surface area (Å²) in [6, 6.07) is 7.11. The maximum atomic E-state index is 12.5. The summed E-state index contributed by atoms with van der Waals surface area (Å²) in [6.07, 6.45) is 4.31. The van der Waals surface area contributed by atoms with E-state index in [1.165, 1.54) is 4.57 Å². The van der Waals surface area contributed by atoms with Gasteiger partial charge in [0.15, 0.2) is 5.82 Å². The molecule has 1 aromatic carbocycles. The van der Waals surface area contributed by atoms with Crippen LogP contribution in [0.5, 0.6) is 5.75 Å². The number of carbonyl (C=O) groups excluding carboxylic acids is 1. The van der Waals surface area contributed by atoms with Crippen LogP contribution in [0.4, 0.5) is 0 Å². The Morgan fingerprint density at radius 3 is 2.46 bits per heavy atom. The highest BCUT2D eigenvalue weighted by Crippen LogP contribution is 2.20. The van der Waals surface area contributed by atoms with Crippen LogP contribution in [0.2, 0.25) is 0 Å². The van der Waals surface area contributed by atoms with E-state index < -0.39 is 5.76 Å². The molecule has 1 saturated heterocycles. The van der Waals surface area contributed by atoms with Crippen molar-refractivity contribution in [3.63, 3.8) is 0 Å². The Kier molecular flexibility index (Phi) is 4.98. The predicted octanol–water partition coefficient (Wildman–Crippen LogP) is 1.91. The third-order valence-electron chi connectivity index (χ3n) is 4.29. The molecule has 1 aliphatic heterocycles. The van der Waals surface area contributed by atoms with E-state index in [2.05, 4.69) is 5.16 Å². The van der Waals surface area contributed by atoms with Gasteiger partial charge in [0.2, 0.25) is 5.91 Å². The van der Waals surface area contributed by atoms with E-state index in [0.717, 1.165) is 38.8 Å². The minimum atomic E-state index is -0.621. The molecule has 0 spiro atoms. The number of rotatable bonds is 4. The van der Waals surface area contributed by atoms with E-state index >= 15 is 0 Å². The number of nitrogens with zero attached hydrogens (tertiary/aromatic N) is 3. The Morgan fingerprint density at radius 2 is 1.83 bits per heavy atom. The lowest BCUT2D eigenvalue weighted by Gasteiger charge is -2.20. The summed E-state index contributed by atoms with van der Waals surface area (Å²) in [5.74, 6) is 0.364. The summed E-state index contributed by atoms with van der Waals surface area (Å²) in [7, 11) is 1.58. The smallest absolute Gasteiger partial charge is 0.442 e. The first kappa shape index (κ1) is 16.3. The minimum Gasteiger partial charge on any atom is -0.497 e. The molecule has 1 aromatic heterocycles. The van der Waals surface area contributed by atoms with Gasteiger partial charge in [0.05, 0.1) is 7.11 Å². The van der Waals surface area contributed by atoms with Gasteiger partial charge in [-0.25, -0.2) is 9.36 Å². The van der Waals surface area contributed by atoms with Gasteiger partial charge in [-0.15, -0.1) is 0 Å². The number of aromatic nitrogens is 2. The Labute approximate surface area is 139 Å². The highest BCUT2D eigenvalue weighted by atomic mass is 16.5. The van der Waals surface area contributed by atoms with Crippen LogP contribution in [0, 0.1) is 0 Å². The SMILES string of the molecule is COc1ccc(-c2noc(=O)n2CC(=O)N2CCCCCC2)cc1. The second kappa shape index (κ2) is 7.33. The van der Waals surface area contributed by atoms with Crippen molar-refractivity contribution in [3.8, 4) is 17.1 Å². The summed E-state index contributed by atoms with van der Waals surface area (Å²) < 4.78 is 11.2. The zero-order valence-electron chi connectivity index (χ0n) is 13.7. The molecule has 0 unspecified atom stereocenters. The lowest BCUT2D eigenvalue weighted by atomic mass is 10.2. The second-order valence-corrected chi connectivity index (χ2v) is 5.88. The van der Waals surface area contributed by atoms with Gasteiger partial charge < -0.3 is 9.64 Å². The molecule has 1 amide bonds. The number of benzene rings is 1. The van der Waals surface area contributed by atoms with Crippen LogP contribution < -0.4 is 10.5 Å². The van der Waals surface area contributed by atoms with E-state index in [9.17, 15) is 9.59 Å². The number of hydrogen-bond donors (Lipinski definition) is 0. The lowest BCUT2D eigenvalue weighted by Crippen LogP contribution is -2.36. The zero-order chi connectivity index (χ0) is 16.9. The highest BCUT2D eigenvalue weighted by Gasteiger charge is 2.20. The van der Waals surface area contributed by atoms with E-state index in [4.69, 9.17) is 9.26 Å². The van der Waals surface area contributed by atoms with Crippen molar-refractivity contribution < 1.29 is 14.1 Å². The highest BCUT2D eigenvalue weighted by molar-refractivity contribution is 5.76. The van der Waals surface area contributed by atoms with Crippen molar-refractivity contribution in [1.82, 2.24) is 14.6 Å². The van der Waals surface area contributed by atoms with Gasteiger partial charge in [-0.3, -0.25) is 9.32 Å². The molecule has 24 heavy (non-hydrogen) atoms. The van der Waals surface area contributed by atoms with E-state index in [1.807, 2.05) is 4.90 Å². The van der Waals surface area contributed by atoms with Gasteiger partial charge >= 0.3 is 5.76 Å². The monoisotopic (exact) mass is 331 g/mol. The second-order valence-electron chi connectivity index (χ2n) is 5.88. The predicted molar refractivity (Wildman–Crippen MR) is 87.8 cm³/mol. The first-order valence-electron chi connectivity index (χ1n) is 8.18. The number of likely N-dealkylation sites (tertiary alicyclic amines) is 1. The van der Waals surface area contributed by atoms with Gasteiger partial charge in [-0.2, -0.15) is 0 Å². The fourth-order valence-electron chi connectivity index (χ4n) is 2.91. The van der Waals surface area contributed by atoms with Crippen LogP contribution in [0.25, 0.3) is 11.4 Å². The Bertz CT molecular complexity index is 740. The number of hydrogen-bond acceptors (Lipinski definition) is 5. The Morgan fingerprint density at radius 1 is 1.17 bits per heavy atom. The molecule has 7 heteroatoms. The normalized spacial score (nSPS) is 15.1. The molecule has 0 N–H and O–H groups in total. The Balaban J connectivity index is 1.81. The van der Waals surface area contributed by atoms with Crippen molar-refractivity contribution in [1.29, 1.82) is 0 Å². The quantitative estimate of drug-likeness (QED) is 0.855. The van der Waals surface area contributed by atoms with Crippen LogP contribution in [0.15, 0.2) is 33.6 Å². The number of ether oxygens (including phenoxy) is 1. The number of methoxy groups -OCH3 is 1. The van der Waals surface area contributed by atoms with Crippen molar-refractivity contribution in [2.45, 2.75) is 32.2 Å². The van der Waals surface area contributed by atoms with Gasteiger partial charge in [-0.05, 0) is 37.1 Å². The molecule has 0 atom stereocenters. The first-order valence-corrected chi connectivity index (χ1v) is 8.18. The maximum absolute atomic E-state index is 12.5. The molecule has 0 radical (unpaired) electrons. The van der Waals surface area contributed by atoms with Crippen LogP contribution >= 0.6 is 0 Å². The molecule has 0 saturated carbocycles. The zero-order valence-corrected chi connectivity index (χ0v) is 13.7. The van der Waals surface area contributed by atoms with Crippen molar-refractivity contribution in [2.24, 2.45) is 0 Å². The van der Waals surface area contributed by atoms with Crippen LogP contribution in [-0.4, -0.2) is 40.7 Å². The van der Waals surface area contributed by atoms with Gasteiger partial charge in [0.25, 0.3) is 0 Å². The third-order valence-corrected chi connectivity index (χ3v) is 4.29. The molecule has 1 fully saturated rings. The average molecular weight is 331 g/mol. The summed E-state index contributed by atoms with van der Waals surface area (Å²) in [5.41, 5.74) is 0.699. The molecule has 0 aliphatic carbocycles. The van der Waals surface area contributed by atoms with Crippen LogP contribution in [0.3, 0.4) is 0 Å². The van der Waals surface area contributed by atoms with Crippen molar-refractivity contribution in [3.05, 3.63) is 34.8 Å². The van der Waals surface area contributed by atoms with Gasteiger partial charge in [0.1, 0.15) is 12.3 Å². The fraction of sp³-hybridized carbons (Fsp3) is 0.471. The van der Waals surface area contributed by atoms with Crippen molar-refractivity contribution in [2.75, 3.05) is 20.2 Å². The summed E-state index contributed by atoms with van der Waals surface area (Å²) in [6.45, 7) is 1.44. The summed E-state index contributed by atoms with van der Waals surface area (Å²) in [4.78, 5) is 26.3. The summed E-state index contributed by atoms with van der Waals surface area (Å²) >= 11 is 0. The molecule has 7 nitrogen and oxygen atoms in total. The van der Waals surface area contributed by atoms with E-state index in [-0.39, 0.29) is 12.5 Å². The average Bonchev–Trinajstić information content (AvgIpc) is 2.82. The molecule has 1 aliphatic rings. The number of amides is 1. The number of carbonyl (C=O) groups is 1. The van der Waals surface area contributed by atoms with Gasteiger partial charge in [0, 0.05) is 18.7 Å². The van der Waals surface area contributed by atoms with Crippen molar-refractivity contribution >= 4 is 5.91 Å². The molecular weight excluding hydrogens is 310 g/mol. The van der Waals surface area contributed by atoms with Crippen LogP contribution in [-0.2, 0) is 11.3 Å². The Hall–Kier alpha value is -2.57. The standard InChI is InChI=1S/C17H21N3O4/c1-23-14-8-6-13(7-9-14)16-18-24-17(22)20(16)12-15(21)19-10-4-2-3-5-11-19/h6-9H,2-5,10-12H2,1H3. The molecule has 3 rings (SSSR count).